The van der Waals surface area contributed by atoms with E-state index in [1.807, 2.05) is 12.3 Å². The number of aromatic nitrogens is 2. The van der Waals surface area contributed by atoms with Crippen LogP contribution in [-0.2, 0) is 13.0 Å². The van der Waals surface area contributed by atoms with Gasteiger partial charge < -0.3 is 19.8 Å². The smallest absolute Gasteiger partial charge is 0.184 e. The Bertz CT molecular complexity index is 581. The Kier molecular flexibility index (Phi) is 5.22. The highest BCUT2D eigenvalue weighted by molar-refractivity contribution is 5.42. The zero-order valence-corrected chi connectivity index (χ0v) is 12.9. The molecule has 0 aromatic carbocycles. The van der Waals surface area contributed by atoms with Crippen LogP contribution in [0.5, 0.6) is 11.5 Å². The molecule has 1 unspecified atom stereocenters. The minimum absolute atomic E-state index is 0.179. The first kappa shape index (κ1) is 15.4. The third-order valence-corrected chi connectivity index (χ3v) is 3.61. The van der Waals surface area contributed by atoms with Gasteiger partial charge in [0, 0.05) is 36.6 Å². The second kappa shape index (κ2) is 7.13. The standard InChI is InChI=1S/C16H23N3O2/c1-4-12(17)10-13-6-5-9-19(13)11-14-16(21-3)15(20-2)7-8-18-14/h5-9,12H,4,10-11,17H2,1-3H3. The first-order valence-corrected chi connectivity index (χ1v) is 7.15. The van der Waals surface area contributed by atoms with E-state index in [0.29, 0.717) is 18.0 Å². The molecule has 0 aliphatic carbocycles. The highest BCUT2D eigenvalue weighted by atomic mass is 16.5. The molecule has 0 fully saturated rings. The monoisotopic (exact) mass is 289 g/mol. The third kappa shape index (κ3) is 3.55. The largest absolute Gasteiger partial charge is 0.493 e. The maximum atomic E-state index is 6.05. The van der Waals surface area contributed by atoms with Crippen LogP contribution in [0.4, 0.5) is 0 Å². The van der Waals surface area contributed by atoms with E-state index in [9.17, 15) is 0 Å². The Balaban J connectivity index is 2.25. The normalized spacial score (nSPS) is 12.2. The second-order valence-corrected chi connectivity index (χ2v) is 4.99. The number of hydrogen-bond donors (Lipinski definition) is 1. The molecule has 2 N–H and O–H groups in total. The first-order valence-electron chi connectivity index (χ1n) is 7.15. The lowest BCUT2D eigenvalue weighted by Crippen LogP contribution is -2.23. The quantitative estimate of drug-likeness (QED) is 0.849. The van der Waals surface area contributed by atoms with E-state index in [1.54, 1.807) is 26.5 Å². The molecule has 0 saturated heterocycles. The van der Waals surface area contributed by atoms with Crippen LogP contribution in [-0.4, -0.2) is 29.8 Å². The summed E-state index contributed by atoms with van der Waals surface area (Å²) in [5.74, 6) is 1.38. The predicted molar refractivity (Wildman–Crippen MR) is 82.8 cm³/mol. The summed E-state index contributed by atoms with van der Waals surface area (Å²) >= 11 is 0. The van der Waals surface area contributed by atoms with Gasteiger partial charge in [-0.05, 0) is 18.6 Å². The molecule has 0 spiro atoms. The average molecular weight is 289 g/mol. The van der Waals surface area contributed by atoms with Crippen molar-refractivity contribution in [2.45, 2.75) is 32.4 Å². The number of hydrogen-bond acceptors (Lipinski definition) is 4. The lowest BCUT2D eigenvalue weighted by atomic mass is 10.1. The Morgan fingerprint density at radius 2 is 2.10 bits per heavy atom. The molecule has 0 amide bonds. The summed E-state index contributed by atoms with van der Waals surface area (Å²) in [6.07, 6.45) is 5.59. The van der Waals surface area contributed by atoms with Gasteiger partial charge in [0.15, 0.2) is 11.5 Å². The van der Waals surface area contributed by atoms with Crippen molar-refractivity contribution in [1.82, 2.24) is 9.55 Å². The molecule has 5 nitrogen and oxygen atoms in total. The molecule has 0 aliphatic rings. The van der Waals surface area contributed by atoms with Crippen molar-refractivity contribution in [2.24, 2.45) is 5.73 Å². The van der Waals surface area contributed by atoms with Crippen molar-refractivity contribution in [2.75, 3.05) is 14.2 Å². The average Bonchev–Trinajstić information content (AvgIpc) is 2.93. The Hall–Kier alpha value is -2.01. The van der Waals surface area contributed by atoms with Gasteiger partial charge in [-0.25, -0.2) is 0 Å². The molecule has 21 heavy (non-hydrogen) atoms. The van der Waals surface area contributed by atoms with Crippen LogP contribution in [0.3, 0.4) is 0 Å². The van der Waals surface area contributed by atoms with Gasteiger partial charge in [-0.15, -0.1) is 0 Å². The fourth-order valence-corrected chi connectivity index (χ4v) is 2.33. The Labute approximate surface area is 125 Å². The first-order chi connectivity index (χ1) is 10.2. The van der Waals surface area contributed by atoms with Crippen molar-refractivity contribution >= 4 is 0 Å². The van der Waals surface area contributed by atoms with Gasteiger partial charge in [0.05, 0.1) is 20.8 Å². The van der Waals surface area contributed by atoms with Crippen LogP contribution in [0.2, 0.25) is 0 Å². The van der Waals surface area contributed by atoms with E-state index < -0.39 is 0 Å². The van der Waals surface area contributed by atoms with Crippen LogP contribution in [0.25, 0.3) is 0 Å². The van der Waals surface area contributed by atoms with Gasteiger partial charge in [-0.3, -0.25) is 4.98 Å². The molecular weight excluding hydrogens is 266 g/mol. The molecular formula is C16H23N3O2. The third-order valence-electron chi connectivity index (χ3n) is 3.61. The van der Waals surface area contributed by atoms with E-state index >= 15 is 0 Å². The molecule has 114 valence electrons. The van der Waals surface area contributed by atoms with E-state index in [4.69, 9.17) is 15.2 Å². The Morgan fingerprint density at radius 3 is 2.76 bits per heavy atom. The summed E-state index contributed by atoms with van der Waals surface area (Å²) in [5.41, 5.74) is 8.11. The summed E-state index contributed by atoms with van der Waals surface area (Å²) in [4.78, 5) is 4.42. The molecule has 2 aromatic heterocycles. The van der Waals surface area contributed by atoms with E-state index in [2.05, 4.69) is 22.5 Å². The van der Waals surface area contributed by atoms with Gasteiger partial charge >= 0.3 is 0 Å². The fraction of sp³-hybridized carbons (Fsp3) is 0.438. The van der Waals surface area contributed by atoms with Crippen molar-refractivity contribution in [1.29, 1.82) is 0 Å². The SMILES string of the molecule is CCC(N)Cc1cccn1Cc1nccc(OC)c1OC. The zero-order valence-electron chi connectivity index (χ0n) is 12.9. The summed E-state index contributed by atoms with van der Waals surface area (Å²) < 4.78 is 12.9. The number of nitrogens with zero attached hydrogens (tertiary/aromatic N) is 2. The van der Waals surface area contributed by atoms with Crippen molar-refractivity contribution in [3.05, 3.63) is 42.0 Å². The molecule has 0 radical (unpaired) electrons. The summed E-state index contributed by atoms with van der Waals surface area (Å²) in [6, 6.07) is 6.11. The van der Waals surface area contributed by atoms with Gasteiger partial charge in [-0.2, -0.15) is 0 Å². The zero-order chi connectivity index (χ0) is 15.2. The highest BCUT2D eigenvalue weighted by Gasteiger charge is 2.13. The number of methoxy groups -OCH3 is 2. The highest BCUT2D eigenvalue weighted by Crippen LogP contribution is 2.29. The molecule has 2 rings (SSSR count). The molecule has 0 bridgehead atoms. The Morgan fingerprint density at radius 1 is 1.29 bits per heavy atom. The van der Waals surface area contributed by atoms with Crippen LogP contribution >= 0.6 is 0 Å². The molecule has 2 heterocycles. The lowest BCUT2D eigenvalue weighted by Gasteiger charge is -2.15. The molecule has 2 aromatic rings. The number of pyridine rings is 1. The topological polar surface area (TPSA) is 62.3 Å². The molecule has 5 heteroatoms. The molecule has 1 atom stereocenters. The fourth-order valence-electron chi connectivity index (χ4n) is 2.33. The molecule has 0 saturated carbocycles. The van der Waals surface area contributed by atoms with Gasteiger partial charge in [0.2, 0.25) is 0 Å². The second-order valence-electron chi connectivity index (χ2n) is 4.99. The van der Waals surface area contributed by atoms with Crippen LogP contribution in [0, 0.1) is 0 Å². The predicted octanol–water partition coefficient (Wildman–Crippen LogP) is 2.23. The minimum Gasteiger partial charge on any atom is -0.493 e. The van der Waals surface area contributed by atoms with Gasteiger partial charge in [0.1, 0.15) is 5.69 Å². The number of rotatable bonds is 7. The van der Waals surface area contributed by atoms with E-state index in [1.165, 1.54) is 5.69 Å². The van der Waals surface area contributed by atoms with Crippen molar-refractivity contribution < 1.29 is 9.47 Å². The summed E-state index contributed by atoms with van der Waals surface area (Å²) in [7, 11) is 3.26. The van der Waals surface area contributed by atoms with Crippen LogP contribution < -0.4 is 15.2 Å². The van der Waals surface area contributed by atoms with Gasteiger partial charge in [-0.1, -0.05) is 6.92 Å². The summed E-state index contributed by atoms with van der Waals surface area (Å²) in [5, 5.41) is 0. The summed E-state index contributed by atoms with van der Waals surface area (Å²) in [6.45, 7) is 2.74. The van der Waals surface area contributed by atoms with Crippen molar-refractivity contribution in [3.63, 3.8) is 0 Å². The van der Waals surface area contributed by atoms with Crippen molar-refractivity contribution in [3.8, 4) is 11.5 Å². The lowest BCUT2D eigenvalue weighted by molar-refractivity contribution is 0.348. The van der Waals surface area contributed by atoms with Crippen LogP contribution in [0.1, 0.15) is 24.7 Å². The van der Waals surface area contributed by atoms with Gasteiger partial charge in [0.25, 0.3) is 0 Å². The van der Waals surface area contributed by atoms with E-state index in [0.717, 1.165) is 18.5 Å². The number of nitrogens with two attached hydrogens (primary N) is 1. The maximum absolute atomic E-state index is 6.05. The van der Waals surface area contributed by atoms with E-state index in [-0.39, 0.29) is 6.04 Å². The minimum atomic E-state index is 0.179. The maximum Gasteiger partial charge on any atom is 0.184 e. The molecule has 0 aliphatic heterocycles. The van der Waals surface area contributed by atoms with Crippen LogP contribution in [0.15, 0.2) is 30.6 Å². The number of ether oxygens (including phenoxy) is 2.